The van der Waals surface area contributed by atoms with Crippen LogP contribution in [0.5, 0.6) is 0 Å². The van der Waals surface area contributed by atoms with Gasteiger partial charge in [0.05, 0.1) is 6.04 Å². The third kappa shape index (κ3) is 2.67. The number of hydrogen-bond acceptors (Lipinski definition) is 3. The highest BCUT2D eigenvalue weighted by atomic mass is 15.0. The lowest BCUT2D eigenvalue weighted by atomic mass is 9.96. The van der Waals surface area contributed by atoms with Crippen molar-refractivity contribution >= 4 is 5.82 Å². The van der Waals surface area contributed by atoms with Gasteiger partial charge in [0.2, 0.25) is 0 Å². The minimum absolute atomic E-state index is 0.317. The summed E-state index contributed by atoms with van der Waals surface area (Å²) in [7, 11) is 0. The van der Waals surface area contributed by atoms with Gasteiger partial charge in [0, 0.05) is 11.3 Å². The molecule has 0 aliphatic heterocycles. The molecule has 1 atom stereocenters. The van der Waals surface area contributed by atoms with Gasteiger partial charge in [-0.2, -0.15) is 0 Å². The molecule has 0 radical (unpaired) electrons. The summed E-state index contributed by atoms with van der Waals surface area (Å²) in [5, 5.41) is 3.62. The summed E-state index contributed by atoms with van der Waals surface area (Å²) in [6.07, 6.45) is 7.43. The molecule has 0 amide bonds. The Morgan fingerprint density at radius 3 is 2.70 bits per heavy atom. The molecule has 0 saturated heterocycles. The zero-order chi connectivity index (χ0) is 13.8. The van der Waals surface area contributed by atoms with E-state index in [1.165, 1.54) is 29.7 Å². The predicted octanol–water partition coefficient (Wildman–Crippen LogP) is 3.92. The number of nitrogens with one attached hydrogen (secondary N) is 1. The van der Waals surface area contributed by atoms with Crippen LogP contribution in [0.1, 0.15) is 49.0 Å². The van der Waals surface area contributed by atoms with Crippen LogP contribution < -0.4 is 5.32 Å². The Morgan fingerprint density at radius 2 is 1.90 bits per heavy atom. The molecule has 1 N–H and O–H groups in total. The lowest BCUT2D eigenvalue weighted by molar-refractivity contribution is 0.657. The van der Waals surface area contributed by atoms with Crippen molar-refractivity contribution in [1.82, 2.24) is 9.97 Å². The van der Waals surface area contributed by atoms with Gasteiger partial charge in [-0.05, 0) is 37.7 Å². The fourth-order valence-corrected chi connectivity index (χ4v) is 2.92. The molecule has 1 unspecified atom stereocenters. The van der Waals surface area contributed by atoms with Crippen LogP contribution in [0.4, 0.5) is 5.82 Å². The smallest absolute Gasteiger partial charge is 0.133 e. The van der Waals surface area contributed by atoms with Crippen LogP contribution in [0, 0.1) is 0 Å². The standard InChI is InChI=1S/C17H21N3/c1-2-15(13-8-4-3-5-9-13)20-17-14-10-6-7-11-16(14)18-12-19-17/h3-5,8-9,12,15H,2,6-7,10-11H2,1H3,(H,18,19,20). The minimum atomic E-state index is 0.317. The molecule has 0 spiro atoms. The van der Waals surface area contributed by atoms with E-state index in [1.54, 1.807) is 6.33 Å². The summed E-state index contributed by atoms with van der Waals surface area (Å²) in [5.41, 5.74) is 3.88. The van der Waals surface area contributed by atoms with E-state index >= 15 is 0 Å². The highest BCUT2D eigenvalue weighted by Gasteiger charge is 2.17. The third-order valence-electron chi connectivity index (χ3n) is 4.05. The summed E-state index contributed by atoms with van der Waals surface area (Å²) in [6, 6.07) is 10.9. The number of anilines is 1. The van der Waals surface area contributed by atoms with Crippen LogP contribution in [0.15, 0.2) is 36.7 Å². The lowest BCUT2D eigenvalue weighted by Crippen LogP contribution is -2.16. The average Bonchev–Trinajstić information content (AvgIpc) is 2.53. The van der Waals surface area contributed by atoms with Crippen molar-refractivity contribution in [1.29, 1.82) is 0 Å². The summed E-state index contributed by atoms with van der Waals surface area (Å²) in [5.74, 6) is 1.03. The molecule has 1 aromatic carbocycles. The molecule has 1 heterocycles. The van der Waals surface area contributed by atoms with Crippen molar-refractivity contribution in [3.8, 4) is 0 Å². The van der Waals surface area contributed by atoms with Gasteiger partial charge in [-0.1, -0.05) is 37.3 Å². The molecule has 0 fully saturated rings. The van der Waals surface area contributed by atoms with Gasteiger partial charge in [-0.15, -0.1) is 0 Å². The normalized spacial score (nSPS) is 15.4. The topological polar surface area (TPSA) is 37.8 Å². The van der Waals surface area contributed by atoms with Gasteiger partial charge in [-0.3, -0.25) is 0 Å². The van der Waals surface area contributed by atoms with Crippen LogP contribution in [0.3, 0.4) is 0 Å². The second-order valence-corrected chi connectivity index (χ2v) is 5.37. The average molecular weight is 267 g/mol. The number of fused-ring (bicyclic) bond motifs is 1. The number of aryl methyl sites for hydroxylation is 1. The van der Waals surface area contributed by atoms with Crippen molar-refractivity contribution < 1.29 is 0 Å². The summed E-state index contributed by atoms with van der Waals surface area (Å²) < 4.78 is 0. The van der Waals surface area contributed by atoms with Crippen LogP contribution in [-0.4, -0.2) is 9.97 Å². The van der Waals surface area contributed by atoms with Gasteiger partial charge in [0.1, 0.15) is 12.1 Å². The number of rotatable bonds is 4. The van der Waals surface area contributed by atoms with E-state index in [0.29, 0.717) is 6.04 Å². The highest BCUT2D eigenvalue weighted by molar-refractivity contribution is 5.48. The molecule has 3 rings (SSSR count). The monoisotopic (exact) mass is 267 g/mol. The van der Waals surface area contributed by atoms with Crippen molar-refractivity contribution in [3.05, 3.63) is 53.5 Å². The molecule has 0 saturated carbocycles. The van der Waals surface area contributed by atoms with E-state index < -0.39 is 0 Å². The van der Waals surface area contributed by atoms with Crippen LogP contribution >= 0.6 is 0 Å². The van der Waals surface area contributed by atoms with Gasteiger partial charge < -0.3 is 5.32 Å². The number of aromatic nitrogens is 2. The largest absolute Gasteiger partial charge is 0.363 e. The SMILES string of the molecule is CCC(Nc1ncnc2c1CCCC2)c1ccccc1. The molecule has 3 heteroatoms. The molecule has 1 aromatic heterocycles. The second kappa shape index (κ2) is 6.04. The molecule has 3 nitrogen and oxygen atoms in total. The maximum atomic E-state index is 4.48. The van der Waals surface area contributed by atoms with Gasteiger partial charge >= 0.3 is 0 Å². The quantitative estimate of drug-likeness (QED) is 0.912. The van der Waals surface area contributed by atoms with Crippen molar-refractivity contribution in [2.45, 2.75) is 45.1 Å². The van der Waals surface area contributed by atoms with E-state index in [2.05, 4.69) is 52.5 Å². The summed E-state index contributed by atoms with van der Waals surface area (Å²) in [4.78, 5) is 8.92. The first-order valence-corrected chi connectivity index (χ1v) is 7.52. The van der Waals surface area contributed by atoms with Gasteiger partial charge in [0.15, 0.2) is 0 Å². The molecule has 0 bridgehead atoms. The van der Waals surface area contributed by atoms with E-state index in [4.69, 9.17) is 0 Å². The summed E-state index contributed by atoms with van der Waals surface area (Å²) >= 11 is 0. The molecular weight excluding hydrogens is 246 g/mol. The molecule has 104 valence electrons. The zero-order valence-electron chi connectivity index (χ0n) is 12.0. The number of hydrogen-bond donors (Lipinski definition) is 1. The first-order valence-electron chi connectivity index (χ1n) is 7.52. The second-order valence-electron chi connectivity index (χ2n) is 5.37. The van der Waals surface area contributed by atoms with Crippen molar-refractivity contribution in [2.24, 2.45) is 0 Å². The summed E-state index contributed by atoms with van der Waals surface area (Å²) in [6.45, 7) is 2.21. The molecule has 1 aliphatic carbocycles. The number of benzene rings is 1. The van der Waals surface area contributed by atoms with Crippen molar-refractivity contribution in [3.63, 3.8) is 0 Å². The Bertz CT molecular complexity index is 566. The Labute approximate surface area is 120 Å². The predicted molar refractivity (Wildman–Crippen MR) is 81.8 cm³/mol. The van der Waals surface area contributed by atoms with Crippen LogP contribution in [-0.2, 0) is 12.8 Å². The third-order valence-corrected chi connectivity index (χ3v) is 4.05. The van der Waals surface area contributed by atoms with Crippen LogP contribution in [0.25, 0.3) is 0 Å². The Morgan fingerprint density at radius 1 is 1.10 bits per heavy atom. The molecule has 1 aliphatic rings. The molecular formula is C17H21N3. The fraction of sp³-hybridized carbons (Fsp3) is 0.412. The molecule has 2 aromatic rings. The van der Waals surface area contributed by atoms with E-state index in [1.807, 2.05) is 0 Å². The van der Waals surface area contributed by atoms with E-state index in [0.717, 1.165) is 25.1 Å². The molecule has 20 heavy (non-hydrogen) atoms. The maximum Gasteiger partial charge on any atom is 0.133 e. The fourth-order valence-electron chi connectivity index (χ4n) is 2.92. The first kappa shape index (κ1) is 13.1. The van der Waals surface area contributed by atoms with E-state index in [-0.39, 0.29) is 0 Å². The Kier molecular flexibility index (Phi) is 3.95. The minimum Gasteiger partial charge on any atom is -0.363 e. The number of nitrogens with zero attached hydrogens (tertiary/aromatic N) is 2. The van der Waals surface area contributed by atoms with E-state index in [9.17, 15) is 0 Å². The Balaban J connectivity index is 1.87. The maximum absolute atomic E-state index is 4.48. The highest BCUT2D eigenvalue weighted by Crippen LogP contribution is 2.28. The lowest BCUT2D eigenvalue weighted by Gasteiger charge is -2.23. The first-order chi connectivity index (χ1) is 9.88. The van der Waals surface area contributed by atoms with Gasteiger partial charge in [0.25, 0.3) is 0 Å². The van der Waals surface area contributed by atoms with Gasteiger partial charge in [-0.25, -0.2) is 9.97 Å². The van der Waals surface area contributed by atoms with Crippen LogP contribution in [0.2, 0.25) is 0 Å². The van der Waals surface area contributed by atoms with Crippen molar-refractivity contribution in [2.75, 3.05) is 5.32 Å². The zero-order valence-corrected chi connectivity index (χ0v) is 12.0. The Hall–Kier alpha value is -1.90.